The molecule has 1 amide bonds. The third kappa shape index (κ3) is 6.14. The van der Waals surface area contributed by atoms with Crippen LogP contribution in [0.5, 0.6) is 5.75 Å². The number of rotatable bonds is 7. The largest absolute Gasteiger partial charge is 0.497 e. The minimum absolute atomic E-state index is 0.154. The van der Waals surface area contributed by atoms with E-state index in [0.717, 1.165) is 26.9 Å². The Bertz CT molecular complexity index is 1260. The number of anilines is 1. The minimum atomic E-state index is -0.154. The zero-order chi connectivity index (χ0) is 23.0. The van der Waals surface area contributed by atoms with Gasteiger partial charge in [0.2, 0.25) is 5.91 Å². The van der Waals surface area contributed by atoms with Gasteiger partial charge in [0.25, 0.3) is 0 Å². The van der Waals surface area contributed by atoms with Crippen LogP contribution in [0.15, 0.2) is 89.5 Å². The lowest BCUT2D eigenvalue weighted by molar-refractivity contribution is -0.115. The van der Waals surface area contributed by atoms with Gasteiger partial charge in [0.05, 0.1) is 25.4 Å². The van der Waals surface area contributed by atoms with Crippen LogP contribution in [0.1, 0.15) is 16.8 Å². The van der Waals surface area contributed by atoms with E-state index in [-0.39, 0.29) is 12.3 Å². The number of carbonyl (C=O) groups is 1. The van der Waals surface area contributed by atoms with Crippen LogP contribution in [-0.2, 0) is 11.2 Å². The zero-order valence-corrected chi connectivity index (χ0v) is 19.6. The summed E-state index contributed by atoms with van der Waals surface area (Å²) in [5.41, 5.74) is 4.14. The number of amides is 1. The molecule has 0 unspecified atom stereocenters. The van der Waals surface area contributed by atoms with E-state index in [1.165, 1.54) is 0 Å². The molecule has 0 saturated heterocycles. The smallest absolute Gasteiger partial charge is 0.230 e. The highest BCUT2D eigenvalue weighted by molar-refractivity contribution is 9.10. The number of nitrogens with one attached hydrogen (secondary N) is 1. The van der Waals surface area contributed by atoms with Crippen molar-refractivity contribution in [2.75, 3.05) is 12.4 Å². The average molecular weight is 500 g/mol. The highest BCUT2D eigenvalue weighted by atomic mass is 79.9. The summed E-state index contributed by atoms with van der Waals surface area (Å²) >= 11 is 3.41. The quantitative estimate of drug-likeness (QED) is 0.325. The van der Waals surface area contributed by atoms with E-state index in [4.69, 9.17) is 9.72 Å². The molecule has 0 fully saturated rings. The Hall–Kier alpha value is -3.77. The van der Waals surface area contributed by atoms with Gasteiger partial charge in [-0.05, 0) is 53.6 Å². The van der Waals surface area contributed by atoms with Gasteiger partial charge >= 0.3 is 0 Å². The van der Waals surface area contributed by atoms with Crippen molar-refractivity contribution < 1.29 is 9.53 Å². The van der Waals surface area contributed by atoms with Crippen LogP contribution in [0.3, 0.4) is 0 Å². The summed E-state index contributed by atoms with van der Waals surface area (Å²) in [5.74, 6) is 1.03. The molecule has 3 aromatic carbocycles. The molecule has 1 aromatic heterocycles. The number of hydrogen-bond acceptors (Lipinski definition) is 4. The summed E-state index contributed by atoms with van der Waals surface area (Å²) in [6.45, 7) is 0. The Kier molecular flexibility index (Phi) is 7.27. The molecular formula is C27H22BrN3O2. The Labute approximate surface area is 201 Å². The summed E-state index contributed by atoms with van der Waals surface area (Å²) in [7, 11) is 1.63. The van der Waals surface area contributed by atoms with Gasteiger partial charge in [0.15, 0.2) is 5.82 Å². The van der Waals surface area contributed by atoms with Crippen molar-refractivity contribution in [1.82, 2.24) is 9.97 Å². The lowest BCUT2D eigenvalue weighted by atomic mass is 10.1. The normalized spacial score (nSPS) is 10.8. The van der Waals surface area contributed by atoms with Crippen LogP contribution in [0.2, 0.25) is 0 Å². The Morgan fingerprint density at radius 2 is 1.70 bits per heavy atom. The third-order valence-corrected chi connectivity index (χ3v) is 5.48. The van der Waals surface area contributed by atoms with Crippen LogP contribution in [0.25, 0.3) is 23.4 Å². The molecule has 0 spiro atoms. The molecule has 0 aliphatic carbocycles. The van der Waals surface area contributed by atoms with Gasteiger partial charge in [-0.2, -0.15) is 0 Å². The average Bonchev–Trinajstić information content (AvgIpc) is 2.85. The van der Waals surface area contributed by atoms with Crippen LogP contribution in [0, 0.1) is 0 Å². The number of carbonyl (C=O) groups excluding carboxylic acids is 1. The zero-order valence-electron chi connectivity index (χ0n) is 18.0. The predicted octanol–water partition coefficient (Wildman–Crippen LogP) is 6.27. The number of methoxy groups -OCH3 is 1. The standard InChI is InChI=1S/C27H22BrN3O2/c1-33-23-14-10-21(11-15-23)25-18-29-27(24(30-25)16-9-19-5-3-2-4-6-19)31-26(32)17-20-7-12-22(28)13-8-20/h2-16,18H,17H2,1H3,(H,29,31,32)/b16-9+. The molecule has 0 saturated carbocycles. The summed E-state index contributed by atoms with van der Waals surface area (Å²) in [4.78, 5) is 22.0. The van der Waals surface area contributed by atoms with E-state index in [1.807, 2.05) is 91.0 Å². The molecule has 5 nitrogen and oxygen atoms in total. The van der Waals surface area contributed by atoms with Gasteiger partial charge in [-0.3, -0.25) is 4.79 Å². The SMILES string of the molecule is COc1ccc(-c2cnc(NC(=O)Cc3ccc(Br)cc3)c(/C=C/c3ccccc3)n2)cc1. The van der Waals surface area contributed by atoms with Gasteiger partial charge in [0.1, 0.15) is 11.4 Å². The van der Waals surface area contributed by atoms with Gasteiger partial charge in [-0.1, -0.05) is 64.5 Å². The summed E-state index contributed by atoms with van der Waals surface area (Å²) in [6.07, 6.45) is 5.73. The number of aromatic nitrogens is 2. The molecule has 0 atom stereocenters. The van der Waals surface area contributed by atoms with E-state index in [2.05, 4.69) is 26.2 Å². The van der Waals surface area contributed by atoms with Gasteiger partial charge in [-0.15, -0.1) is 0 Å². The predicted molar refractivity (Wildman–Crippen MR) is 136 cm³/mol. The van der Waals surface area contributed by atoms with Crippen molar-refractivity contribution in [2.24, 2.45) is 0 Å². The summed E-state index contributed by atoms with van der Waals surface area (Å²) in [5, 5.41) is 2.91. The maximum Gasteiger partial charge on any atom is 0.230 e. The second-order valence-corrected chi connectivity index (χ2v) is 8.23. The number of hydrogen-bond donors (Lipinski definition) is 1. The molecule has 33 heavy (non-hydrogen) atoms. The maximum absolute atomic E-state index is 12.7. The van der Waals surface area contributed by atoms with E-state index < -0.39 is 0 Å². The molecule has 0 aliphatic heterocycles. The van der Waals surface area contributed by atoms with Crippen molar-refractivity contribution in [3.8, 4) is 17.0 Å². The molecule has 0 bridgehead atoms. The first-order valence-electron chi connectivity index (χ1n) is 10.4. The molecule has 164 valence electrons. The number of benzene rings is 3. The Morgan fingerprint density at radius 3 is 2.39 bits per heavy atom. The number of ether oxygens (including phenoxy) is 1. The van der Waals surface area contributed by atoms with E-state index in [1.54, 1.807) is 13.3 Å². The Morgan fingerprint density at radius 1 is 0.970 bits per heavy atom. The topological polar surface area (TPSA) is 64.1 Å². The second kappa shape index (κ2) is 10.7. The fourth-order valence-corrected chi connectivity index (χ4v) is 3.48. The monoisotopic (exact) mass is 499 g/mol. The highest BCUT2D eigenvalue weighted by Crippen LogP contribution is 2.24. The minimum Gasteiger partial charge on any atom is -0.497 e. The van der Waals surface area contributed by atoms with Gasteiger partial charge < -0.3 is 10.1 Å². The van der Waals surface area contributed by atoms with E-state index in [0.29, 0.717) is 17.2 Å². The van der Waals surface area contributed by atoms with Crippen molar-refractivity contribution >= 4 is 39.8 Å². The molecule has 6 heteroatoms. The van der Waals surface area contributed by atoms with Crippen molar-refractivity contribution in [2.45, 2.75) is 6.42 Å². The third-order valence-electron chi connectivity index (χ3n) is 4.95. The van der Waals surface area contributed by atoms with Crippen LogP contribution in [-0.4, -0.2) is 23.0 Å². The highest BCUT2D eigenvalue weighted by Gasteiger charge is 2.11. The van der Waals surface area contributed by atoms with Crippen LogP contribution >= 0.6 is 15.9 Å². The number of halogens is 1. The molecule has 4 aromatic rings. The van der Waals surface area contributed by atoms with Crippen molar-refractivity contribution in [3.05, 3.63) is 106 Å². The second-order valence-electron chi connectivity index (χ2n) is 7.31. The summed E-state index contributed by atoms with van der Waals surface area (Å²) < 4.78 is 6.21. The lowest BCUT2D eigenvalue weighted by Gasteiger charge is -2.10. The molecule has 0 aliphatic rings. The fourth-order valence-electron chi connectivity index (χ4n) is 3.22. The van der Waals surface area contributed by atoms with E-state index >= 15 is 0 Å². The van der Waals surface area contributed by atoms with Crippen molar-refractivity contribution in [1.29, 1.82) is 0 Å². The Balaban J connectivity index is 1.61. The molecule has 1 heterocycles. The first-order valence-corrected chi connectivity index (χ1v) is 11.2. The van der Waals surface area contributed by atoms with Gasteiger partial charge in [0, 0.05) is 10.0 Å². The van der Waals surface area contributed by atoms with Crippen LogP contribution < -0.4 is 10.1 Å². The molecule has 1 N–H and O–H groups in total. The fraction of sp³-hybridized carbons (Fsp3) is 0.0741. The van der Waals surface area contributed by atoms with Crippen LogP contribution in [0.4, 0.5) is 5.82 Å². The lowest BCUT2D eigenvalue weighted by Crippen LogP contribution is -2.16. The first kappa shape index (κ1) is 22.4. The first-order chi connectivity index (χ1) is 16.1. The van der Waals surface area contributed by atoms with Crippen molar-refractivity contribution in [3.63, 3.8) is 0 Å². The molecule has 0 radical (unpaired) electrons. The molecular weight excluding hydrogens is 478 g/mol. The van der Waals surface area contributed by atoms with Gasteiger partial charge in [-0.25, -0.2) is 9.97 Å². The van der Waals surface area contributed by atoms with E-state index in [9.17, 15) is 4.79 Å². The maximum atomic E-state index is 12.7. The molecule has 4 rings (SSSR count). The number of nitrogens with zero attached hydrogens (tertiary/aromatic N) is 2. The summed E-state index contributed by atoms with van der Waals surface area (Å²) in [6, 6.07) is 25.2.